The molecule has 1 aromatic rings. The van der Waals surface area contributed by atoms with Crippen molar-refractivity contribution in [2.45, 2.75) is 33.3 Å². The largest absolute Gasteiger partial charge is 0.390 e. The Balaban J connectivity index is 2.77. The first kappa shape index (κ1) is 8.27. The van der Waals surface area contributed by atoms with Crippen LogP contribution in [0.25, 0.3) is 0 Å². The van der Waals surface area contributed by atoms with Crippen molar-refractivity contribution in [1.82, 2.24) is 9.97 Å². The number of imidazole rings is 1. The van der Waals surface area contributed by atoms with Crippen LogP contribution in [-0.2, 0) is 13.0 Å². The average Bonchev–Trinajstić information content (AvgIpc) is 2.32. The van der Waals surface area contributed by atoms with Crippen molar-refractivity contribution in [1.29, 1.82) is 0 Å². The number of H-pyrrole nitrogens is 1. The Bertz CT molecular complexity index is 230. The van der Waals surface area contributed by atoms with E-state index in [-0.39, 0.29) is 6.61 Å². The van der Waals surface area contributed by atoms with Gasteiger partial charge in [0.15, 0.2) is 0 Å². The van der Waals surface area contributed by atoms with Crippen molar-refractivity contribution >= 4 is 0 Å². The van der Waals surface area contributed by atoms with Gasteiger partial charge in [-0.3, -0.25) is 0 Å². The Labute approximate surface area is 66.5 Å². The number of aryl methyl sites for hydroxylation is 2. The zero-order valence-corrected chi connectivity index (χ0v) is 7.02. The Kier molecular flexibility index (Phi) is 2.65. The fourth-order valence-electron chi connectivity index (χ4n) is 1.07. The number of aliphatic hydroxyl groups excluding tert-OH is 1. The lowest BCUT2D eigenvalue weighted by Gasteiger charge is -1.87. The average molecular weight is 154 g/mol. The van der Waals surface area contributed by atoms with Crippen LogP contribution in [-0.4, -0.2) is 15.1 Å². The number of hydrogen-bond acceptors (Lipinski definition) is 2. The van der Waals surface area contributed by atoms with Gasteiger partial charge >= 0.3 is 0 Å². The van der Waals surface area contributed by atoms with Crippen LogP contribution < -0.4 is 0 Å². The van der Waals surface area contributed by atoms with Crippen LogP contribution in [0.1, 0.15) is 30.6 Å². The lowest BCUT2D eigenvalue weighted by atomic mass is 10.3. The van der Waals surface area contributed by atoms with E-state index >= 15 is 0 Å². The number of nitrogens with zero attached hydrogens (tertiary/aromatic N) is 1. The van der Waals surface area contributed by atoms with Gasteiger partial charge in [0.2, 0.25) is 0 Å². The van der Waals surface area contributed by atoms with Crippen molar-refractivity contribution < 1.29 is 5.11 Å². The summed E-state index contributed by atoms with van der Waals surface area (Å²) in [6.45, 7) is 4.07. The number of nitrogens with one attached hydrogen (secondary N) is 1. The van der Waals surface area contributed by atoms with Crippen LogP contribution in [0.4, 0.5) is 0 Å². The van der Waals surface area contributed by atoms with Crippen LogP contribution in [0.5, 0.6) is 0 Å². The Morgan fingerprint density at radius 1 is 1.55 bits per heavy atom. The molecule has 1 aromatic heterocycles. The minimum atomic E-state index is 0.0338. The third kappa shape index (κ3) is 1.80. The molecule has 0 atom stereocenters. The molecule has 11 heavy (non-hydrogen) atoms. The Morgan fingerprint density at radius 3 is 2.73 bits per heavy atom. The zero-order chi connectivity index (χ0) is 8.27. The normalized spacial score (nSPS) is 10.5. The summed E-state index contributed by atoms with van der Waals surface area (Å²) in [5, 5.41) is 8.82. The zero-order valence-electron chi connectivity index (χ0n) is 7.02. The minimum absolute atomic E-state index is 0.0338. The molecule has 1 heterocycles. The van der Waals surface area contributed by atoms with E-state index in [1.165, 1.54) is 0 Å². The first-order chi connectivity index (χ1) is 5.27. The number of aromatic amines is 1. The first-order valence-electron chi connectivity index (χ1n) is 3.93. The molecule has 0 radical (unpaired) electrons. The summed E-state index contributed by atoms with van der Waals surface area (Å²) in [4.78, 5) is 7.34. The molecule has 0 aliphatic heterocycles. The van der Waals surface area contributed by atoms with E-state index in [2.05, 4.69) is 16.9 Å². The van der Waals surface area contributed by atoms with Crippen molar-refractivity contribution in [3.05, 3.63) is 17.2 Å². The van der Waals surface area contributed by atoms with Gasteiger partial charge in [0, 0.05) is 12.1 Å². The van der Waals surface area contributed by atoms with Crippen LogP contribution >= 0.6 is 0 Å². The maximum absolute atomic E-state index is 8.82. The standard InChI is InChI=1S/C8H14N2O/c1-3-4-8-9-6(2)7(5-11)10-8/h11H,3-5H2,1-2H3,(H,9,10). The van der Waals surface area contributed by atoms with Crippen molar-refractivity contribution in [3.63, 3.8) is 0 Å². The predicted molar refractivity (Wildman–Crippen MR) is 43.2 cm³/mol. The smallest absolute Gasteiger partial charge is 0.106 e. The molecule has 0 amide bonds. The van der Waals surface area contributed by atoms with Crippen molar-refractivity contribution in [2.75, 3.05) is 0 Å². The Morgan fingerprint density at radius 2 is 2.27 bits per heavy atom. The fraction of sp³-hybridized carbons (Fsp3) is 0.625. The van der Waals surface area contributed by atoms with Crippen LogP contribution in [0, 0.1) is 6.92 Å². The second-order valence-electron chi connectivity index (χ2n) is 2.66. The minimum Gasteiger partial charge on any atom is -0.390 e. The van der Waals surface area contributed by atoms with Crippen LogP contribution in [0.3, 0.4) is 0 Å². The van der Waals surface area contributed by atoms with E-state index in [1.54, 1.807) is 0 Å². The van der Waals surface area contributed by atoms with E-state index in [0.29, 0.717) is 0 Å². The maximum Gasteiger partial charge on any atom is 0.106 e. The lowest BCUT2D eigenvalue weighted by molar-refractivity contribution is 0.276. The number of aromatic nitrogens is 2. The van der Waals surface area contributed by atoms with Crippen LogP contribution in [0.15, 0.2) is 0 Å². The number of rotatable bonds is 3. The molecule has 1 rings (SSSR count). The third-order valence-corrected chi connectivity index (χ3v) is 1.67. The van der Waals surface area contributed by atoms with Gasteiger partial charge in [-0.1, -0.05) is 6.92 Å². The van der Waals surface area contributed by atoms with Gasteiger partial charge in [-0.15, -0.1) is 0 Å². The van der Waals surface area contributed by atoms with Crippen molar-refractivity contribution in [3.8, 4) is 0 Å². The molecule has 0 saturated heterocycles. The van der Waals surface area contributed by atoms with Gasteiger partial charge in [0.05, 0.1) is 12.3 Å². The van der Waals surface area contributed by atoms with E-state index in [0.717, 1.165) is 30.1 Å². The SMILES string of the molecule is CCCc1nc(CO)c(C)[nH]1. The first-order valence-corrected chi connectivity index (χ1v) is 3.93. The highest BCUT2D eigenvalue weighted by Gasteiger charge is 2.03. The summed E-state index contributed by atoms with van der Waals surface area (Å²) < 4.78 is 0. The van der Waals surface area contributed by atoms with E-state index in [9.17, 15) is 0 Å². The van der Waals surface area contributed by atoms with Gasteiger partial charge in [-0.2, -0.15) is 0 Å². The second-order valence-corrected chi connectivity index (χ2v) is 2.66. The maximum atomic E-state index is 8.82. The van der Waals surface area contributed by atoms with E-state index < -0.39 is 0 Å². The summed E-state index contributed by atoms with van der Waals surface area (Å²) in [6, 6.07) is 0. The highest BCUT2D eigenvalue weighted by Crippen LogP contribution is 2.05. The Hall–Kier alpha value is -0.830. The molecule has 62 valence electrons. The molecule has 0 aliphatic carbocycles. The summed E-state index contributed by atoms with van der Waals surface area (Å²) in [7, 11) is 0. The molecule has 3 heteroatoms. The van der Waals surface area contributed by atoms with Gasteiger partial charge < -0.3 is 10.1 Å². The summed E-state index contributed by atoms with van der Waals surface area (Å²) >= 11 is 0. The molecule has 0 spiro atoms. The number of hydrogen-bond donors (Lipinski definition) is 2. The lowest BCUT2D eigenvalue weighted by Crippen LogP contribution is -1.87. The second kappa shape index (κ2) is 3.53. The molecule has 0 aromatic carbocycles. The van der Waals surface area contributed by atoms with Gasteiger partial charge in [-0.25, -0.2) is 4.98 Å². The molecule has 0 fully saturated rings. The van der Waals surface area contributed by atoms with Crippen molar-refractivity contribution in [2.24, 2.45) is 0 Å². The number of aliphatic hydroxyl groups is 1. The summed E-state index contributed by atoms with van der Waals surface area (Å²) in [6.07, 6.45) is 2.04. The highest BCUT2D eigenvalue weighted by molar-refractivity contribution is 5.11. The monoisotopic (exact) mass is 154 g/mol. The molecule has 3 nitrogen and oxygen atoms in total. The quantitative estimate of drug-likeness (QED) is 0.686. The van der Waals surface area contributed by atoms with E-state index in [1.807, 2.05) is 6.92 Å². The van der Waals surface area contributed by atoms with E-state index in [4.69, 9.17) is 5.11 Å². The molecule has 0 aliphatic rings. The molecule has 0 saturated carbocycles. The summed E-state index contributed by atoms with van der Waals surface area (Å²) in [5.41, 5.74) is 1.75. The molecular weight excluding hydrogens is 140 g/mol. The predicted octanol–water partition coefficient (Wildman–Crippen LogP) is 1.16. The van der Waals surface area contributed by atoms with Gasteiger partial charge in [0.25, 0.3) is 0 Å². The van der Waals surface area contributed by atoms with Gasteiger partial charge in [0.1, 0.15) is 5.82 Å². The fourth-order valence-corrected chi connectivity index (χ4v) is 1.07. The van der Waals surface area contributed by atoms with Crippen LogP contribution in [0.2, 0.25) is 0 Å². The third-order valence-electron chi connectivity index (χ3n) is 1.67. The summed E-state index contributed by atoms with van der Waals surface area (Å²) in [5.74, 6) is 0.981. The van der Waals surface area contributed by atoms with Gasteiger partial charge in [-0.05, 0) is 13.3 Å². The molecule has 0 bridgehead atoms. The highest BCUT2D eigenvalue weighted by atomic mass is 16.3. The molecular formula is C8H14N2O. The molecule has 2 N–H and O–H groups in total. The molecule has 0 unspecified atom stereocenters. The topological polar surface area (TPSA) is 48.9 Å².